The molecule has 1 atom stereocenters. The molecule has 0 aliphatic carbocycles. The molecule has 0 bridgehead atoms. The van der Waals surface area contributed by atoms with Crippen molar-refractivity contribution in [1.29, 1.82) is 0 Å². The quantitative estimate of drug-likeness (QED) is 0.611. The van der Waals surface area contributed by atoms with Gasteiger partial charge in [-0.05, 0) is 24.1 Å². The van der Waals surface area contributed by atoms with Crippen molar-refractivity contribution < 1.29 is 9.84 Å². The minimum absolute atomic E-state index is 0.356. The maximum atomic E-state index is 10.1. The van der Waals surface area contributed by atoms with Crippen molar-refractivity contribution in [3.05, 3.63) is 29.8 Å². The van der Waals surface area contributed by atoms with E-state index < -0.39 is 0 Å². The number of benzene rings is 1. The highest BCUT2D eigenvalue weighted by Crippen LogP contribution is 2.23. The van der Waals surface area contributed by atoms with Gasteiger partial charge in [0.2, 0.25) is 0 Å². The molecule has 1 N–H and O–H groups in total. The van der Waals surface area contributed by atoms with Crippen molar-refractivity contribution in [1.82, 2.24) is 0 Å². The maximum absolute atomic E-state index is 10.1. The van der Waals surface area contributed by atoms with E-state index in [0.29, 0.717) is 0 Å². The van der Waals surface area contributed by atoms with E-state index in [9.17, 15) is 5.11 Å². The van der Waals surface area contributed by atoms with Crippen LogP contribution in [0.1, 0.15) is 70.0 Å². The van der Waals surface area contributed by atoms with Crippen LogP contribution < -0.4 is 4.74 Å². The van der Waals surface area contributed by atoms with E-state index in [0.717, 1.165) is 24.2 Å². The second-order valence-corrected chi connectivity index (χ2v) is 5.20. The number of methoxy groups -OCH3 is 1. The zero-order chi connectivity index (χ0) is 13.9. The van der Waals surface area contributed by atoms with E-state index in [1.165, 1.54) is 38.5 Å². The Bertz CT molecular complexity index is 336. The lowest BCUT2D eigenvalue weighted by Crippen LogP contribution is -1.98. The number of aliphatic hydroxyl groups excluding tert-OH is 1. The van der Waals surface area contributed by atoms with Crippen LogP contribution in [0.15, 0.2) is 24.3 Å². The molecule has 0 heterocycles. The molecular formula is C17H28O2. The molecule has 0 saturated heterocycles. The minimum atomic E-state index is -0.356. The van der Waals surface area contributed by atoms with Gasteiger partial charge in [-0.1, -0.05) is 64.0 Å². The number of rotatable bonds is 10. The normalized spacial score (nSPS) is 12.4. The summed E-state index contributed by atoms with van der Waals surface area (Å²) in [5.41, 5.74) is 0.963. The summed E-state index contributed by atoms with van der Waals surface area (Å²) >= 11 is 0. The Hall–Kier alpha value is -1.02. The molecule has 1 unspecified atom stereocenters. The molecule has 1 aromatic rings. The smallest absolute Gasteiger partial charge is 0.119 e. The first kappa shape index (κ1) is 16.0. The largest absolute Gasteiger partial charge is 0.497 e. The predicted octanol–water partition coefficient (Wildman–Crippen LogP) is 4.87. The predicted molar refractivity (Wildman–Crippen MR) is 80.6 cm³/mol. The van der Waals surface area contributed by atoms with Gasteiger partial charge in [0, 0.05) is 0 Å². The van der Waals surface area contributed by atoms with Crippen LogP contribution in [0.2, 0.25) is 0 Å². The molecule has 0 radical (unpaired) electrons. The molecule has 0 spiro atoms. The molecule has 0 amide bonds. The Morgan fingerprint density at radius 1 is 1.05 bits per heavy atom. The van der Waals surface area contributed by atoms with Gasteiger partial charge in [-0.15, -0.1) is 0 Å². The van der Waals surface area contributed by atoms with Crippen LogP contribution in [0.5, 0.6) is 5.75 Å². The van der Waals surface area contributed by atoms with Crippen LogP contribution in [0.3, 0.4) is 0 Å². The third-order valence-corrected chi connectivity index (χ3v) is 3.56. The summed E-state index contributed by atoms with van der Waals surface area (Å²) in [6, 6.07) is 7.73. The molecule has 1 aromatic carbocycles. The van der Waals surface area contributed by atoms with Gasteiger partial charge in [-0.25, -0.2) is 0 Å². The van der Waals surface area contributed by atoms with Crippen LogP contribution in [0, 0.1) is 0 Å². The monoisotopic (exact) mass is 264 g/mol. The number of hydrogen-bond donors (Lipinski definition) is 1. The fourth-order valence-electron chi connectivity index (χ4n) is 2.31. The zero-order valence-electron chi connectivity index (χ0n) is 12.4. The molecule has 2 nitrogen and oxygen atoms in total. The van der Waals surface area contributed by atoms with Gasteiger partial charge in [-0.3, -0.25) is 0 Å². The third kappa shape index (κ3) is 6.63. The van der Waals surface area contributed by atoms with Gasteiger partial charge in [0.05, 0.1) is 13.2 Å². The van der Waals surface area contributed by atoms with E-state index in [1.807, 2.05) is 24.3 Å². The molecule has 19 heavy (non-hydrogen) atoms. The second kappa shape index (κ2) is 9.85. The first-order valence-electron chi connectivity index (χ1n) is 7.60. The van der Waals surface area contributed by atoms with Gasteiger partial charge >= 0.3 is 0 Å². The first-order valence-corrected chi connectivity index (χ1v) is 7.60. The molecule has 0 saturated carbocycles. The molecule has 1 rings (SSSR count). The van der Waals surface area contributed by atoms with Gasteiger partial charge in [0.25, 0.3) is 0 Å². The molecule has 0 aliphatic heterocycles. The van der Waals surface area contributed by atoms with Crippen LogP contribution in [-0.2, 0) is 0 Å². The van der Waals surface area contributed by atoms with Crippen LogP contribution >= 0.6 is 0 Å². The van der Waals surface area contributed by atoms with Crippen molar-refractivity contribution >= 4 is 0 Å². The Morgan fingerprint density at radius 2 is 1.74 bits per heavy atom. The lowest BCUT2D eigenvalue weighted by molar-refractivity contribution is 0.163. The van der Waals surface area contributed by atoms with Crippen LogP contribution in [0.4, 0.5) is 0 Å². The Morgan fingerprint density at radius 3 is 2.42 bits per heavy atom. The fraction of sp³-hybridized carbons (Fsp3) is 0.647. The third-order valence-electron chi connectivity index (χ3n) is 3.56. The summed E-state index contributed by atoms with van der Waals surface area (Å²) < 4.78 is 5.17. The maximum Gasteiger partial charge on any atom is 0.119 e. The Balaban J connectivity index is 2.18. The number of ether oxygens (including phenoxy) is 1. The highest BCUT2D eigenvalue weighted by atomic mass is 16.5. The summed E-state index contributed by atoms with van der Waals surface area (Å²) in [4.78, 5) is 0. The van der Waals surface area contributed by atoms with Crippen molar-refractivity contribution in [2.45, 2.75) is 64.4 Å². The van der Waals surface area contributed by atoms with E-state index in [1.54, 1.807) is 7.11 Å². The highest BCUT2D eigenvalue weighted by Gasteiger charge is 2.07. The Kier molecular flexibility index (Phi) is 8.31. The molecular weight excluding hydrogens is 236 g/mol. The average molecular weight is 264 g/mol. The van der Waals surface area contributed by atoms with E-state index >= 15 is 0 Å². The standard InChI is InChI=1S/C17H28O2/c1-3-4-5-6-7-8-9-13-17(18)15-11-10-12-16(14-15)19-2/h10-12,14,17-18H,3-9,13H2,1-2H3. The number of hydrogen-bond acceptors (Lipinski definition) is 2. The highest BCUT2D eigenvalue weighted by molar-refractivity contribution is 5.29. The molecule has 0 fully saturated rings. The molecule has 0 aromatic heterocycles. The number of unbranched alkanes of at least 4 members (excludes halogenated alkanes) is 6. The summed E-state index contributed by atoms with van der Waals surface area (Å²) in [6.45, 7) is 2.24. The summed E-state index contributed by atoms with van der Waals surface area (Å²) in [7, 11) is 1.65. The SMILES string of the molecule is CCCCCCCCCC(O)c1cccc(OC)c1. The molecule has 2 heteroatoms. The first-order chi connectivity index (χ1) is 9.27. The minimum Gasteiger partial charge on any atom is -0.497 e. The lowest BCUT2D eigenvalue weighted by Gasteiger charge is -2.12. The van der Waals surface area contributed by atoms with Crippen LogP contribution in [-0.4, -0.2) is 12.2 Å². The van der Waals surface area contributed by atoms with Crippen molar-refractivity contribution in [2.75, 3.05) is 7.11 Å². The van der Waals surface area contributed by atoms with Crippen molar-refractivity contribution in [3.8, 4) is 5.75 Å². The van der Waals surface area contributed by atoms with Gasteiger partial charge < -0.3 is 9.84 Å². The van der Waals surface area contributed by atoms with Crippen LogP contribution in [0.25, 0.3) is 0 Å². The summed E-state index contributed by atoms with van der Waals surface area (Å²) in [5, 5.41) is 10.1. The molecule has 0 aliphatic rings. The van der Waals surface area contributed by atoms with Gasteiger partial charge in [0.15, 0.2) is 0 Å². The topological polar surface area (TPSA) is 29.5 Å². The van der Waals surface area contributed by atoms with Crippen molar-refractivity contribution in [2.24, 2.45) is 0 Å². The van der Waals surface area contributed by atoms with Crippen molar-refractivity contribution in [3.63, 3.8) is 0 Å². The molecule has 108 valence electrons. The fourth-order valence-corrected chi connectivity index (χ4v) is 2.31. The Labute approximate surface area is 117 Å². The van der Waals surface area contributed by atoms with E-state index in [-0.39, 0.29) is 6.10 Å². The zero-order valence-corrected chi connectivity index (χ0v) is 12.4. The summed E-state index contributed by atoms with van der Waals surface area (Å²) in [5.74, 6) is 0.816. The number of aliphatic hydroxyl groups is 1. The lowest BCUT2D eigenvalue weighted by atomic mass is 10.0. The van der Waals surface area contributed by atoms with Gasteiger partial charge in [-0.2, -0.15) is 0 Å². The average Bonchev–Trinajstić information content (AvgIpc) is 2.46. The van der Waals surface area contributed by atoms with E-state index in [2.05, 4.69) is 6.92 Å². The van der Waals surface area contributed by atoms with Gasteiger partial charge in [0.1, 0.15) is 5.75 Å². The van der Waals surface area contributed by atoms with E-state index in [4.69, 9.17) is 4.74 Å². The second-order valence-electron chi connectivity index (χ2n) is 5.20. The summed E-state index contributed by atoms with van der Waals surface area (Å²) in [6.07, 6.45) is 9.46.